The SMILES string of the molecule is Cc1cc(-c2nc(Cl)cc(-c3cnn(C)c3)n2)c(C)s1. The van der Waals surface area contributed by atoms with Gasteiger partial charge in [-0.15, -0.1) is 11.3 Å². The molecule has 3 aromatic rings. The van der Waals surface area contributed by atoms with Gasteiger partial charge in [0.1, 0.15) is 5.15 Å². The molecule has 0 aliphatic heterocycles. The van der Waals surface area contributed by atoms with Gasteiger partial charge in [0.25, 0.3) is 0 Å². The minimum absolute atomic E-state index is 0.442. The lowest BCUT2D eigenvalue weighted by Crippen LogP contribution is -1.92. The number of halogens is 1. The molecular weight excluding hydrogens is 292 g/mol. The van der Waals surface area contributed by atoms with Crippen molar-refractivity contribution in [2.75, 3.05) is 0 Å². The summed E-state index contributed by atoms with van der Waals surface area (Å²) >= 11 is 7.88. The normalized spacial score (nSPS) is 11.0. The van der Waals surface area contributed by atoms with Gasteiger partial charge < -0.3 is 0 Å². The summed E-state index contributed by atoms with van der Waals surface area (Å²) in [5, 5.41) is 4.60. The van der Waals surface area contributed by atoms with Crippen molar-refractivity contribution in [2.45, 2.75) is 13.8 Å². The lowest BCUT2D eigenvalue weighted by Gasteiger charge is -2.03. The van der Waals surface area contributed by atoms with Crippen LogP contribution in [-0.4, -0.2) is 19.7 Å². The molecule has 3 aromatic heterocycles. The van der Waals surface area contributed by atoms with Gasteiger partial charge in [0.15, 0.2) is 5.82 Å². The van der Waals surface area contributed by atoms with Gasteiger partial charge in [-0.25, -0.2) is 9.97 Å². The zero-order chi connectivity index (χ0) is 14.3. The third kappa shape index (κ3) is 2.46. The van der Waals surface area contributed by atoms with Crippen molar-refractivity contribution in [1.82, 2.24) is 19.7 Å². The maximum absolute atomic E-state index is 6.14. The van der Waals surface area contributed by atoms with Crippen LogP contribution >= 0.6 is 22.9 Å². The summed E-state index contributed by atoms with van der Waals surface area (Å²) in [7, 11) is 1.87. The average Bonchev–Trinajstić information content (AvgIpc) is 2.94. The summed E-state index contributed by atoms with van der Waals surface area (Å²) in [4.78, 5) is 11.4. The van der Waals surface area contributed by atoms with E-state index in [1.807, 2.05) is 13.2 Å². The van der Waals surface area contributed by atoms with E-state index in [1.54, 1.807) is 28.3 Å². The molecule has 0 atom stereocenters. The van der Waals surface area contributed by atoms with Gasteiger partial charge >= 0.3 is 0 Å². The molecule has 6 heteroatoms. The first-order chi connectivity index (χ1) is 9.52. The first-order valence-corrected chi connectivity index (χ1v) is 7.33. The van der Waals surface area contributed by atoms with Gasteiger partial charge in [-0.05, 0) is 19.9 Å². The van der Waals surface area contributed by atoms with Crippen molar-refractivity contribution in [3.05, 3.63) is 39.4 Å². The number of aromatic nitrogens is 4. The van der Waals surface area contributed by atoms with Gasteiger partial charge in [-0.1, -0.05) is 11.6 Å². The van der Waals surface area contributed by atoms with E-state index >= 15 is 0 Å². The zero-order valence-electron chi connectivity index (χ0n) is 11.4. The number of thiophene rings is 1. The third-order valence-corrected chi connectivity index (χ3v) is 4.14. The molecular formula is C14H13ClN4S. The van der Waals surface area contributed by atoms with Crippen LogP contribution in [0.15, 0.2) is 24.5 Å². The summed E-state index contributed by atoms with van der Waals surface area (Å²) in [6.45, 7) is 4.15. The fraction of sp³-hybridized carbons (Fsp3) is 0.214. The van der Waals surface area contributed by atoms with E-state index in [9.17, 15) is 0 Å². The van der Waals surface area contributed by atoms with Gasteiger partial charge in [0, 0.05) is 40.2 Å². The van der Waals surface area contributed by atoms with Crippen LogP contribution in [0, 0.1) is 13.8 Å². The Morgan fingerprint density at radius 3 is 2.60 bits per heavy atom. The molecule has 3 heterocycles. The summed E-state index contributed by atoms with van der Waals surface area (Å²) in [6, 6.07) is 3.86. The molecule has 0 amide bonds. The largest absolute Gasteiger partial charge is 0.275 e. The number of nitrogens with zero attached hydrogens (tertiary/aromatic N) is 4. The lowest BCUT2D eigenvalue weighted by molar-refractivity contribution is 0.768. The molecule has 0 aliphatic rings. The van der Waals surface area contributed by atoms with Crippen molar-refractivity contribution in [1.29, 1.82) is 0 Å². The van der Waals surface area contributed by atoms with E-state index in [4.69, 9.17) is 11.6 Å². The fourth-order valence-electron chi connectivity index (χ4n) is 2.09. The predicted octanol–water partition coefficient (Wildman–Crippen LogP) is 3.88. The number of rotatable bonds is 2. The molecule has 0 radical (unpaired) electrons. The maximum atomic E-state index is 6.14. The summed E-state index contributed by atoms with van der Waals surface area (Å²) in [5.74, 6) is 0.665. The second kappa shape index (κ2) is 5.00. The smallest absolute Gasteiger partial charge is 0.162 e. The average molecular weight is 305 g/mol. The fourth-order valence-corrected chi connectivity index (χ4v) is 3.20. The molecule has 0 saturated carbocycles. The minimum Gasteiger partial charge on any atom is -0.275 e. The summed E-state index contributed by atoms with van der Waals surface area (Å²) < 4.78 is 1.74. The molecule has 4 nitrogen and oxygen atoms in total. The van der Waals surface area contributed by atoms with E-state index < -0.39 is 0 Å². The van der Waals surface area contributed by atoms with E-state index in [-0.39, 0.29) is 0 Å². The maximum Gasteiger partial charge on any atom is 0.162 e. The summed E-state index contributed by atoms with van der Waals surface area (Å²) in [5.41, 5.74) is 2.76. The van der Waals surface area contributed by atoms with Crippen LogP contribution in [0.2, 0.25) is 5.15 Å². The second-order valence-electron chi connectivity index (χ2n) is 4.63. The van der Waals surface area contributed by atoms with Crippen molar-refractivity contribution in [3.63, 3.8) is 0 Å². The first kappa shape index (κ1) is 13.3. The highest BCUT2D eigenvalue weighted by molar-refractivity contribution is 7.12. The molecule has 3 rings (SSSR count). The minimum atomic E-state index is 0.442. The Balaban J connectivity index is 2.14. The monoisotopic (exact) mass is 304 g/mol. The van der Waals surface area contributed by atoms with Crippen molar-refractivity contribution in [2.24, 2.45) is 7.05 Å². The summed E-state index contributed by atoms with van der Waals surface area (Å²) in [6.07, 6.45) is 3.68. The Morgan fingerprint density at radius 2 is 2.00 bits per heavy atom. The van der Waals surface area contributed by atoms with Crippen LogP contribution in [0.5, 0.6) is 0 Å². The van der Waals surface area contributed by atoms with Gasteiger partial charge in [-0.2, -0.15) is 5.10 Å². The molecule has 20 heavy (non-hydrogen) atoms. The van der Waals surface area contributed by atoms with Gasteiger partial charge in [0.05, 0.1) is 11.9 Å². The highest BCUT2D eigenvalue weighted by Crippen LogP contribution is 2.30. The van der Waals surface area contributed by atoms with E-state index in [1.165, 1.54) is 9.75 Å². The van der Waals surface area contributed by atoms with E-state index in [0.29, 0.717) is 11.0 Å². The Kier molecular flexibility index (Phi) is 3.31. The lowest BCUT2D eigenvalue weighted by atomic mass is 10.2. The van der Waals surface area contributed by atoms with Crippen LogP contribution < -0.4 is 0 Å². The zero-order valence-corrected chi connectivity index (χ0v) is 13.0. The molecule has 0 fully saturated rings. The second-order valence-corrected chi connectivity index (χ2v) is 6.48. The van der Waals surface area contributed by atoms with Crippen molar-refractivity contribution in [3.8, 4) is 22.6 Å². The number of hydrogen-bond donors (Lipinski definition) is 0. The molecule has 0 saturated heterocycles. The molecule has 0 N–H and O–H groups in total. The van der Waals surface area contributed by atoms with Crippen molar-refractivity contribution < 1.29 is 0 Å². The topological polar surface area (TPSA) is 43.6 Å². The molecule has 0 unspecified atom stereocenters. The Morgan fingerprint density at radius 1 is 1.20 bits per heavy atom. The molecule has 0 spiro atoms. The van der Waals surface area contributed by atoms with E-state index in [2.05, 4.69) is 35.0 Å². The molecule has 0 bridgehead atoms. The van der Waals surface area contributed by atoms with Gasteiger partial charge in [0.2, 0.25) is 0 Å². The van der Waals surface area contributed by atoms with Crippen LogP contribution in [0.25, 0.3) is 22.6 Å². The Hall–Kier alpha value is -1.72. The molecule has 102 valence electrons. The van der Waals surface area contributed by atoms with Crippen LogP contribution in [0.1, 0.15) is 9.75 Å². The Bertz CT molecular complexity index is 775. The van der Waals surface area contributed by atoms with Crippen molar-refractivity contribution >= 4 is 22.9 Å². The predicted molar refractivity (Wildman–Crippen MR) is 82.0 cm³/mol. The highest BCUT2D eigenvalue weighted by Gasteiger charge is 2.12. The van der Waals surface area contributed by atoms with E-state index in [0.717, 1.165) is 16.8 Å². The van der Waals surface area contributed by atoms with Crippen LogP contribution in [0.3, 0.4) is 0 Å². The number of aryl methyl sites for hydroxylation is 3. The van der Waals surface area contributed by atoms with Crippen LogP contribution in [-0.2, 0) is 7.05 Å². The first-order valence-electron chi connectivity index (χ1n) is 6.14. The quantitative estimate of drug-likeness (QED) is 0.675. The number of hydrogen-bond acceptors (Lipinski definition) is 4. The van der Waals surface area contributed by atoms with Gasteiger partial charge in [-0.3, -0.25) is 4.68 Å². The Labute approximate surface area is 126 Å². The highest BCUT2D eigenvalue weighted by atomic mass is 35.5. The van der Waals surface area contributed by atoms with Crippen LogP contribution in [0.4, 0.5) is 0 Å². The molecule has 0 aromatic carbocycles. The third-order valence-electron chi connectivity index (χ3n) is 2.98. The molecule has 0 aliphatic carbocycles. The standard InChI is InChI=1S/C14H13ClN4S/c1-8-4-11(9(2)20-8)14-17-12(5-13(15)18-14)10-6-16-19(3)7-10/h4-7H,1-3H3.